The maximum atomic E-state index is 8.36. The molecule has 0 aliphatic heterocycles. The van der Waals surface area contributed by atoms with Crippen LogP contribution in [0.3, 0.4) is 0 Å². The Labute approximate surface area is 57.8 Å². The molecule has 6 nitrogen and oxygen atoms in total. The molecule has 0 unspecified atom stereocenters. The largest absolute Gasteiger partial charge is 2.00 e. The van der Waals surface area contributed by atoms with Gasteiger partial charge in [-0.3, -0.25) is 10.5 Å². The Morgan fingerprint density at radius 2 is 1.50 bits per heavy atom. The van der Waals surface area contributed by atoms with Crippen molar-refractivity contribution >= 4 is 0 Å². The number of nitrogens with zero attached hydrogens (tertiary/aromatic N) is 1. The van der Waals surface area contributed by atoms with Gasteiger partial charge in [-0.15, -0.1) is 10.1 Å². The first kappa shape index (κ1) is 25.4. The van der Waals surface area contributed by atoms with Crippen LogP contribution in [0.1, 0.15) is 8.85 Å². The van der Waals surface area contributed by atoms with Gasteiger partial charge in [-0.25, -0.2) is 0 Å². The molecular formula is CH9FeNO5+2. The number of hydrogen-bond acceptors (Lipinski definition) is 4. The minimum Gasteiger partial charge on any atom is -0.328 e. The van der Waals surface area contributed by atoms with Gasteiger partial charge >= 0.3 is 17.1 Å². The Morgan fingerprint density at radius 3 is 1.50 bits per heavy atom. The van der Waals surface area contributed by atoms with E-state index in [1.807, 2.05) is 0 Å². The van der Waals surface area contributed by atoms with Crippen LogP contribution in [0.5, 0.6) is 0 Å². The number of hydrogen-bond donors (Lipinski definition) is 3. The van der Waals surface area contributed by atoms with E-state index in [0.717, 1.165) is 0 Å². The van der Waals surface area contributed by atoms with Gasteiger partial charge in [-0.1, -0.05) is 7.43 Å². The van der Waals surface area contributed by atoms with Crippen molar-refractivity contribution < 1.29 is 39.3 Å². The van der Waals surface area contributed by atoms with Crippen molar-refractivity contribution in [3.05, 3.63) is 10.1 Å². The van der Waals surface area contributed by atoms with Crippen molar-refractivity contribution in [1.29, 1.82) is 0 Å². The summed E-state index contributed by atoms with van der Waals surface area (Å²) >= 11 is 0. The topological polar surface area (TPSA) is 104 Å². The summed E-state index contributed by atoms with van der Waals surface area (Å²) in [6.45, 7) is 0. The van der Waals surface area contributed by atoms with Crippen LogP contribution < -0.4 is 0 Å². The first-order valence-electron chi connectivity index (χ1n) is 0.765. The number of rotatable bonds is 0. The molecule has 0 aliphatic carbocycles. The molecule has 0 bridgehead atoms. The predicted molar refractivity (Wildman–Crippen MR) is 22.9 cm³/mol. The van der Waals surface area contributed by atoms with Crippen molar-refractivity contribution in [2.75, 3.05) is 0 Å². The molecule has 0 fully saturated rings. The first-order chi connectivity index (χ1) is 2.73. The van der Waals surface area contributed by atoms with E-state index >= 15 is 0 Å². The molecule has 0 aromatic carbocycles. The van der Waals surface area contributed by atoms with Crippen molar-refractivity contribution in [3.8, 4) is 0 Å². The van der Waals surface area contributed by atoms with Crippen molar-refractivity contribution in [2.24, 2.45) is 0 Å². The van der Waals surface area contributed by atoms with E-state index in [0.29, 0.717) is 0 Å². The summed E-state index contributed by atoms with van der Waals surface area (Å²) < 4.78 is 0. The quantitative estimate of drug-likeness (QED) is 0.213. The molecule has 3 N–H and O–H groups in total. The Hall–Kier alpha value is -0.361. The molecule has 7 heteroatoms. The Morgan fingerprint density at radius 1 is 1.50 bits per heavy atom. The fraction of sp³-hybridized carbons (Fsp3) is 1.00. The van der Waals surface area contributed by atoms with Crippen LogP contribution in [-0.2, 0) is 17.1 Å². The normalized spacial score (nSPS) is 3.75. The van der Waals surface area contributed by atoms with Gasteiger partial charge in [0.1, 0.15) is 0 Å². The second-order valence-corrected chi connectivity index (χ2v) is 0.238. The SMILES string of the molecule is C.O=[N+]([O-])O.OO.[Fe+2].[HH]. The summed E-state index contributed by atoms with van der Waals surface area (Å²) in [5.74, 6) is 0. The van der Waals surface area contributed by atoms with E-state index in [4.69, 9.17) is 25.8 Å². The third kappa shape index (κ3) is 934. The molecule has 0 spiro atoms. The Kier molecular flexibility index (Phi) is 96.3. The monoisotopic (exact) mass is 171 g/mol. The van der Waals surface area contributed by atoms with Gasteiger partial charge in [0.25, 0.3) is 5.09 Å². The summed E-state index contributed by atoms with van der Waals surface area (Å²) in [6, 6.07) is 0. The molecule has 0 heterocycles. The molecule has 0 amide bonds. The van der Waals surface area contributed by atoms with Crippen LogP contribution in [-0.4, -0.2) is 20.8 Å². The third-order valence-corrected chi connectivity index (χ3v) is 0. The van der Waals surface area contributed by atoms with Crippen LogP contribution in [0.4, 0.5) is 0 Å². The van der Waals surface area contributed by atoms with E-state index in [9.17, 15) is 0 Å². The molecule has 0 saturated carbocycles. The van der Waals surface area contributed by atoms with E-state index in [1.165, 1.54) is 0 Å². The predicted octanol–water partition coefficient (Wildman–Crippen LogP) is 0.549. The summed E-state index contributed by atoms with van der Waals surface area (Å²) in [4.78, 5) is 8.36. The zero-order valence-corrected chi connectivity index (χ0v) is 4.06. The summed E-state index contributed by atoms with van der Waals surface area (Å²) in [5, 5.41) is 25.6. The maximum absolute atomic E-state index is 8.36. The molecule has 0 aliphatic rings. The minimum atomic E-state index is -1.50. The van der Waals surface area contributed by atoms with Gasteiger partial charge in [0.2, 0.25) is 0 Å². The van der Waals surface area contributed by atoms with Gasteiger partial charge < -0.3 is 5.21 Å². The van der Waals surface area contributed by atoms with Gasteiger partial charge in [0.05, 0.1) is 0 Å². The van der Waals surface area contributed by atoms with Crippen molar-refractivity contribution in [2.45, 2.75) is 7.43 Å². The molecule has 8 heavy (non-hydrogen) atoms. The average Bonchev–Trinajstić information content (AvgIpc) is 1.41. The fourth-order valence-corrected chi connectivity index (χ4v) is 0. The Balaban J connectivity index is -0.00000000990. The smallest absolute Gasteiger partial charge is 0.328 e. The molecule has 0 saturated heterocycles. The Bertz CT molecular complexity index is 39.9. The average molecular weight is 171 g/mol. The van der Waals surface area contributed by atoms with Crippen LogP contribution >= 0.6 is 0 Å². The van der Waals surface area contributed by atoms with E-state index < -0.39 is 5.09 Å². The molecule has 0 aromatic heterocycles. The van der Waals surface area contributed by atoms with Crippen molar-refractivity contribution in [1.82, 2.24) is 0 Å². The van der Waals surface area contributed by atoms with E-state index in [1.54, 1.807) is 0 Å². The van der Waals surface area contributed by atoms with Crippen LogP contribution in [0.2, 0.25) is 0 Å². The maximum Gasteiger partial charge on any atom is 2.00 e. The molecule has 54 valence electrons. The summed E-state index contributed by atoms with van der Waals surface area (Å²) in [5.41, 5.74) is 0. The van der Waals surface area contributed by atoms with Crippen LogP contribution in [0.25, 0.3) is 0 Å². The van der Waals surface area contributed by atoms with Gasteiger partial charge in [0.15, 0.2) is 0 Å². The van der Waals surface area contributed by atoms with Crippen LogP contribution in [0.15, 0.2) is 0 Å². The first-order valence-corrected chi connectivity index (χ1v) is 0.765. The fourth-order valence-electron chi connectivity index (χ4n) is 0. The van der Waals surface area contributed by atoms with E-state index in [-0.39, 0.29) is 25.9 Å². The van der Waals surface area contributed by atoms with Crippen LogP contribution in [0, 0.1) is 10.1 Å². The summed E-state index contributed by atoms with van der Waals surface area (Å²) in [7, 11) is 0. The third-order valence-electron chi connectivity index (χ3n) is 0. The van der Waals surface area contributed by atoms with Gasteiger partial charge in [0, 0.05) is 1.43 Å². The zero-order valence-electron chi connectivity index (χ0n) is 2.96. The molecule has 0 aromatic rings. The minimum absolute atomic E-state index is 0. The van der Waals surface area contributed by atoms with Crippen molar-refractivity contribution in [3.63, 3.8) is 0 Å². The van der Waals surface area contributed by atoms with E-state index in [2.05, 4.69) is 0 Å². The molecular weight excluding hydrogens is 162 g/mol. The molecule has 0 radical (unpaired) electrons. The second-order valence-electron chi connectivity index (χ2n) is 0.238. The second kappa shape index (κ2) is 30.3. The van der Waals surface area contributed by atoms with Gasteiger partial charge in [-0.2, -0.15) is 0 Å². The standard InChI is InChI=1S/CH4.Fe.HNO3.H2O2.H2/c;;2-1(3)4;1-2;/h1H4;;(H,2,3,4);1-2H;1H/q;+2;;;. The molecule has 0 rings (SSSR count). The zero-order chi connectivity index (χ0) is 5.58. The summed E-state index contributed by atoms with van der Waals surface area (Å²) in [6.07, 6.45) is 0. The van der Waals surface area contributed by atoms with Gasteiger partial charge in [-0.05, 0) is 0 Å². The molecule has 0 atom stereocenters.